The van der Waals surface area contributed by atoms with Crippen LogP contribution in [0, 0.1) is 0 Å². The van der Waals surface area contributed by atoms with E-state index in [2.05, 4.69) is 16.4 Å². The molecule has 3 rings (SSSR count). The minimum absolute atomic E-state index is 0.0562. The van der Waals surface area contributed by atoms with Crippen LogP contribution in [0.1, 0.15) is 22.4 Å². The van der Waals surface area contributed by atoms with Gasteiger partial charge in [0.2, 0.25) is 0 Å². The molecule has 3 heterocycles. The summed E-state index contributed by atoms with van der Waals surface area (Å²) in [5, 5.41) is 19.0. The van der Waals surface area contributed by atoms with Crippen LogP contribution in [0.25, 0.3) is 0 Å². The Morgan fingerprint density at radius 1 is 1.62 bits per heavy atom. The van der Waals surface area contributed by atoms with Gasteiger partial charge < -0.3 is 9.84 Å². The Kier molecular flexibility index (Phi) is 2.47. The number of fused-ring (bicyclic) bond motifs is 1. The van der Waals surface area contributed by atoms with Gasteiger partial charge in [0, 0.05) is 4.88 Å². The molecule has 0 saturated carbocycles. The molecule has 0 amide bonds. The molecule has 1 atom stereocenters. The molecule has 0 saturated heterocycles. The van der Waals surface area contributed by atoms with Gasteiger partial charge >= 0.3 is 0 Å². The summed E-state index contributed by atoms with van der Waals surface area (Å²) in [5.74, 6) is 0. The second-order valence-electron chi connectivity index (χ2n) is 3.64. The van der Waals surface area contributed by atoms with Gasteiger partial charge in [-0.2, -0.15) is 0 Å². The molecular weight excluding hydrogens is 226 g/mol. The van der Waals surface area contributed by atoms with E-state index in [9.17, 15) is 0 Å². The molecule has 0 aromatic carbocycles. The van der Waals surface area contributed by atoms with Crippen molar-refractivity contribution < 1.29 is 9.84 Å². The Balaban J connectivity index is 1.87. The van der Waals surface area contributed by atoms with Crippen molar-refractivity contribution in [1.29, 1.82) is 0 Å². The van der Waals surface area contributed by atoms with E-state index in [1.807, 2.05) is 16.1 Å². The third kappa shape index (κ3) is 1.55. The van der Waals surface area contributed by atoms with E-state index in [0.29, 0.717) is 18.8 Å². The van der Waals surface area contributed by atoms with E-state index in [4.69, 9.17) is 9.84 Å². The average molecular weight is 237 g/mol. The van der Waals surface area contributed by atoms with Gasteiger partial charge in [-0.1, -0.05) is 11.3 Å². The highest BCUT2D eigenvalue weighted by Gasteiger charge is 2.24. The van der Waals surface area contributed by atoms with E-state index in [0.717, 1.165) is 5.69 Å². The number of hydrogen-bond donors (Lipinski definition) is 1. The van der Waals surface area contributed by atoms with Crippen molar-refractivity contribution in [3.05, 3.63) is 33.8 Å². The second-order valence-corrected chi connectivity index (χ2v) is 4.62. The molecule has 0 bridgehead atoms. The smallest absolute Gasteiger partial charge is 0.114 e. The quantitative estimate of drug-likeness (QED) is 0.849. The van der Waals surface area contributed by atoms with Crippen molar-refractivity contribution in [2.75, 3.05) is 0 Å². The maximum atomic E-state index is 9.06. The number of rotatable bonds is 2. The van der Waals surface area contributed by atoms with Gasteiger partial charge in [-0.15, -0.1) is 16.4 Å². The van der Waals surface area contributed by atoms with Crippen LogP contribution >= 0.6 is 11.3 Å². The van der Waals surface area contributed by atoms with Gasteiger partial charge in [-0.3, -0.25) is 0 Å². The second kappa shape index (κ2) is 3.97. The van der Waals surface area contributed by atoms with Crippen molar-refractivity contribution in [3.8, 4) is 0 Å². The van der Waals surface area contributed by atoms with Crippen LogP contribution in [0.3, 0.4) is 0 Å². The van der Waals surface area contributed by atoms with Gasteiger partial charge in [0.1, 0.15) is 11.8 Å². The molecule has 84 valence electrons. The van der Waals surface area contributed by atoms with Gasteiger partial charge in [-0.05, 0) is 11.4 Å². The lowest BCUT2D eigenvalue weighted by atomic mass is 10.2. The minimum atomic E-state index is -0.0810. The standard InChI is InChI=1S/C10H11N3O2S/c14-5-7-8-6-15-9(4-13(8)12-11-7)10-2-1-3-16-10/h1-3,9,14H,4-6H2/t9-/m1/s1. The van der Waals surface area contributed by atoms with Crippen molar-refractivity contribution in [1.82, 2.24) is 15.0 Å². The normalized spacial score (nSPS) is 19.7. The van der Waals surface area contributed by atoms with Crippen molar-refractivity contribution in [3.63, 3.8) is 0 Å². The first-order chi connectivity index (χ1) is 7.88. The maximum Gasteiger partial charge on any atom is 0.114 e. The zero-order chi connectivity index (χ0) is 11.0. The van der Waals surface area contributed by atoms with Gasteiger partial charge in [0.15, 0.2) is 0 Å². The molecule has 2 aromatic heterocycles. The number of aromatic nitrogens is 3. The van der Waals surface area contributed by atoms with E-state index >= 15 is 0 Å². The first-order valence-electron chi connectivity index (χ1n) is 5.05. The molecular formula is C10H11N3O2S. The number of hydrogen-bond acceptors (Lipinski definition) is 5. The monoisotopic (exact) mass is 237 g/mol. The summed E-state index contributed by atoms with van der Waals surface area (Å²) in [7, 11) is 0. The fraction of sp³-hybridized carbons (Fsp3) is 0.400. The Morgan fingerprint density at radius 2 is 2.56 bits per heavy atom. The van der Waals surface area contributed by atoms with Crippen LogP contribution in [0.5, 0.6) is 0 Å². The molecule has 1 aliphatic rings. The molecule has 6 heteroatoms. The summed E-state index contributed by atoms with van der Waals surface area (Å²) in [6.07, 6.45) is 0.0562. The molecule has 0 spiro atoms. The first-order valence-corrected chi connectivity index (χ1v) is 5.93. The highest BCUT2D eigenvalue weighted by Crippen LogP contribution is 2.29. The average Bonchev–Trinajstić information content (AvgIpc) is 2.97. The lowest BCUT2D eigenvalue weighted by molar-refractivity contribution is -0.000105. The van der Waals surface area contributed by atoms with Crippen molar-refractivity contribution >= 4 is 11.3 Å². The molecule has 1 aliphatic heterocycles. The fourth-order valence-electron chi connectivity index (χ4n) is 1.83. The lowest BCUT2D eigenvalue weighted by Gasteiger charge is -2.22. The van der Waals surface area contributed by atoms with Crippen LogP contribution in [-0.2, 0) is 24.5 Å². The molecule has 2 aromatic rings. The Bertz CT molecular complexity index is 480. The Labute approximate surface area is 96.3 Å². The number of aliphatic hydroxyl groups is 1. The molecule has 1 N–H and O–H groups in total. The van der Waals surface area contributed by atoms with E-state index in [1.165, 1.54) is 4.88 Å². The number of ether oxygens (including phenoxy) is 1. The lowest BCUT2D eigenvalue weighted by Crippen LogP contribution is -2.21. The van der Waals surface area contributed by atoms with Crippen LogP contribution < -0.4 is 0 Å². The predicted molar refractivity (Wildman–Crippen MR) is 57.8 cm³/mol. The molecule has 16 heavy (non-hydrogen) atoms. The number of aliphatic hydroxyl groups excluding tert-OH is 1. The zero-order valence-electron chi connectivity index (χ0n) is 8.54. The zero-order valence-corrected chi connectivity index (χ0v) is 9.35. The maximum absolute atomic E-state index is 9.06. The minimum Gasteiger partial charge on any atom is -0.390 e. The van der Waals surface area contributed by atoms with Crippen LogP contribution in [0.2, 0.25) is 0 Å². The summed E-state index contributed by atoms with van der Waals surface area (Å²) in [6.45, 7) is 1.05. The topological polar surface area (TPSA) is 60.2 Å². The van der Waals surface area contributed by atoms with Crippen LogP contribution in [-0.4, -0.2) is 20.1 Å². The molecule has 0 aliphatic carbocycles. The van der Waals surface area contributed by atoms with E-state index < -0.39 is 0 Å². The summed E-state index contributed by atoms with van der Waals surface area (Å²) in [6, 6.07) is 4.07. The Morgan fingerprint density at radius 3 is 3.31 bits per heavy atom. The summed E-state index contributed by atoms with van der Waals surface area (Å²) in [4.78, 5) is 1.20. The third-order valence-corrected chi connectivity index (χ3v) is 3.65. The summed E-state index contributed by atoms with van der Waals surface area (Å²) < 4.78 is 7.57. The largest absolute Gasteiger partial charge is 0.390 e. The van der Waals surface area contributed by atoms with E-state index in [-0.39, 0.29) is 12.7 Å². The van der Waals surface area contributed by atoms with Crippen molar-refractivity contribution in [2.24, 2.45) is 0 Å². The Hall–Kier alpha value is -1.24. The van der Waals surface area contributed by atoms with E-state index in [1.54, 1.807) is 11.3 Å². The van der Waals surface area contributed by atoms with Crippen LogP contribution in [0.4, 0.5) is 0 Å². The summed E-state index contributed by atoms with van der Waals surface area (Å²) >= 11 is 1.68. The number of nitrogens with zero attached hydrogens (tertiary/aromatic N) is 3. The molecule has 0 radical (unpaired) electrons. The van der Waals surface area contributed by atoms with Gasteiger partial charge in [0.05, 0.1) is 25.5 Å². The summed E-state index contributed by atoms with van der Waals surface area (Å²) in [5.41, 5.74) is 1.50. The van der Waals surface area contributed by atoms with Gasteiger partial charge in [0.25, 0.3) is 0 Å². The first kappa shape index (κ1) is 9.95. The third-order valence-electron chi connectivity index (χ3n) is 2.69. The molecule has 0 fully saturated rings. The van der Waals surface area contributed by atoms with Gasteiger partial charge in [-0.25, -0.2) is 4.68 Å². The SMILES string of the molecule is OCc1nnn2c1CO[C@@H](c1cccs1)C2. The highest BCUT2D eigenvalue weighted by atomic mass is 32.1. The molecule has 5 nitrogen and oxygen atoms in total. The number of thiophene rings is 1. The predicted octanol–water partition coefficient (Wildman–Crippen LogP) is 1.10. The highest BCUT2D eigenvalue weighted by molar-refractivity contribution is 7.10. The fourth-order valence-corrected chi connectivity index (χ4v) is 2.60. The van der Waals surface area contributed by atoms with Crippen LogP contribution in [0.15, 0.2) is 17.5 Å². The molecule has 0 unspecified atom stereocenters. The van der Waals surface area contributed by atoms with Crippen molar-refractivity contribution in [2.45, 2.75) is 25.9 Å².